The summed E-state index contributed by atoms with van der Waals surface area (Å²) in [6.45, 7) is 4.21. The van der Waals surface area contributed by atoms with Crippen LogP contribution in [-0.2, 0) is 12.6 Å². The number of aryl methyl sites for hydroxylation is 1. The SMILES string of the molecule is CC(C)[C@@H]1CCc2cc3c(C(F)(F)F)cc(=O)[nH]c3cc2N1. The maximum atomic E-state index is 13.1. The van der Waals surface area contributed by atoms with Gasteiger partial charge in [0, 0.05) is 23.2 Å². The van der Waals surface area contributed by atoms with Gasteiger partial charge in [-0.2, -0.15) is 13.2 Å². The lowest BCUT2D eigenvalue weighted by molar-refractivity contribution is -0.136. The van der Waals surface area contributed by atoms with Gasteiger partial charge in [-0.1, -0.05) is 13.8 Å². The van der Waals surface area contributed by atoms with Crippen LogP contribution in [0.25, 0.3) is 10.9 Å². The monoisotopic (exact) mass is 310 g/mol. The van der Waals surface area contributed by atoms with Gasteiger partial charge in [0.1, 0.15) is 0 Å². The first-order valence-electron chi connectivity index (χ1n) is 7.29. The molecule has 0 unspecified atom stereocenters. The van der Waals surface area contributed by atoms with Crippen molar-refractivity contribution in [2.24, 2.45) is 5.92 Å². The number of hydrogen-bond acceptors (Lipinski definition) is 2. The van der Waals surface area contributed by atoms with E-state index in [0.717, 1.165) is 24.1 Å². The van der Waals surface area contributed by atoms with E-state index in [1.165, 1.54) is 0 Å². The van der Waals surface area contributed by atoms with Crippen LogP contribution in [0, 0.1) is 5.92 Å². The first-order valence-corrected chi connectivity index (χ1v) is 7.29. The van der Waals surface area contributed by atoms with Gasteiger partial charge < -0.3 is 10.3 Å². The Hall–Kier alpha value is -1.98. The van der Waals surface area contributed by atoms with E-state index in [1.807, 2.05) is 0 Å². The van der Waals surface area contributed by atoms with E-state index in [-0.39, 0.29) is 10.9 Å². The number of alkyl halides is 3. The fourth-order valence-electron chi connectivity index (χ4n) is 3.01. The molecule has 0 bridgehead atoms. The van der Waals surface area contributed by atoms with Gasteiger partial charge in [0.25, 0.3) is 0 Å². The molecule has 0 aliphatic carbocycles. The van der Waals surface area contributed by atoms with Crippen LogP contribution in [0.3, 0.4) is 0 Å². The van der Waals surface area contributed by atoms with Crippen LogP contribution in [0.5, 0.6) is 0 Å². The average molecular weight is 310 g/mol. The Morgan fingerprint density at radius 2 is 1.95 bits per heavy atom. The summed E-state index contributed by atoms with van der Waals surface area (Å²) in [5.41, 5.74) is 0.279. The second-order valence-electron chi connectivity index (χ2n) is 6.13. The molecule has 1 aromatic carbocycles. The Labute approximate surface area is 125 Å². The molecular weight excluding hydrogens is 293 g/mol. The third-order valence-corrected chi connectivity index (χ3v) is 4.24. The van der Waals surface area contributed by atoms with Crippen molar-refractivity contribution < 1.29 is 13.2 Å². The van der Waals surface area contributed by atoms with Crippen LogP contribution >= 0.6 is 0 Å². The van der Waals surface area contributed by atoms with Gasteiger partial charge in [-0.25, -0.2) is 0 Å². The maximum absolute atomic E-state index is 13.1. The molecule has 0 saturated heterocycles. The van der Waals surface area contributed by atoms with E-state index in [1.54, 1.807) is 12.1 Å². The molecule has 6 heteroatoms. The first-order chi connectivity index (χ1) is 10.3. The number of fused-ring (bicyclic) bond motifs is 2. The van der Waals surface area contributed by atoms with E-state index >= 15 is 0 Å². The summed E-state index contributed by atoms with van der Waals surface area (Å²) in [5.74, 6) is 0.435. The van der Waals surface area contributed by atoms with Crippen LogP contribution in [0.4, 0.5) is 18.9 Å². The molecular formula is C16H17F3N2O. The fraction of sp³-hybridized carbons (Fsp3) is 0.438. The minimum absolute atomic E-state index is 0.0515. The highest BCUT2D eigenvalue weighted by atomic mass is 19.4. The average Bonchev–Trinajstić information content (AvgIpc) is 2.42. The Morgan fingerprint density at radius 3 is 2.59 bits per heavy atom. The number of anilines is 1. The van der Waals surface area contributed by atoms with Crippen molar-refractivity contribution in [2.75, 3.05) is 5.32 Å². The number of aromatic amines is 1. The predicted molar refractivity (Wildman–Crippen MR) is 80.1 cm³/mol. The number of H-pyrrole nitrogens is 1. The van der Waals surface area contributed by atoms with Gasteiger partial charge in [0.15, 0.2) is 0 Å². The van der Waals surface area contributed by atoms with E-state index in [9.17, 15) is 18.0 Å². The van der Waals surface area contributed by atoms with Crippen LogP contribution in [0.15, 0.2) is 23.0 Å². The van der Waals surface area contributed by atoms with E-state index in [0.29, 0.717) is 18.0 Å². The highest BCUT2D eigenvalue weighted by Crippen LogP contribution is 2.37. The second kappa shape index (κ2) is 5.04. The third kappa shape index (κ3) is 2.58. The number of aromatic nitrogens is 1. The Bertz CT molecular complexity index is 777. The summed E-state index contributed by atoms with van der Waals surface area (Å²) in [4.78, 5) is 14.0. The molecule has 1 atom stereocenters. The highest BCUT2D eigenvalue weighted by molar-refractivity contribution is 5.87. The van der Waals surface area contributed by atoms with Gasteiger partial charge in [-0.15, -0.1) is 0 Å². The van der Waals surface area contributed by atoms with Gasteiger partial charge in [-0.3, -0.25) is 4.79 Å². The Kier molecular flexibility index (Phi) is 3.42. The van der Waals surface area contributed by atoms with Crippen molar-refractivity contribution in [3.63, 3.8) is 0 Å². The summed E-state index contributed by atoms with van der Waals surface area (Å²) in [7, 11) is 0. The van der Waals surface area contributed by atoms with Gasteiger partial charge >= 0.3 is 6.18 Å². The summed E-state index contributed by atoms with van der Waals surface area (Å²) in [6, 6.07) is 4.09. The zero-order chi connectivity index (χ0) is 16.1. The minimum Gasteiger partial charge on any atom is -0.382 e. The van der Waals surface area contributed by atoms with Gasteiger partial charge in [0.05, 0.1) is 11.1 Å². The van der Waals surface area contributed by atoms with Gasteiger partial charge in [0.2, 0.25) is 5.56 Å². The summed E-state index contributed by atoms with van der Waals surface area (Å²) in [6.07, 6.45) is -2.91. The van der Waals surface area contributed by atoms with Crippen molar-refractivity contribution in [1.29, 1.82) is 0 Å². The van der Waals surface area contributed by atoms with Crippen LogP contribution in [0.2, 0.25) is 0 Å². The Balaban J connectivity index is 2.19. The number of rotatable bonds is 1. The number of nitrogens with one attached hydrogen (secondary N) is 2. The topological polar surface area (TPSA) is 44.9 Å². The second-order valence-corrected chi connectivity index (χ2v) is 6.13. The minimum atomic E-state index is -4.54. The van der Waals surface area contributed by atoms with E-state index < -0.39 is 17.3 Å². The lowest BCUT2D eigenvalue weighted by atomic mass is 9.90. The van der Waals surface area contributed by atoms with Crippen molar-refractivity contribution >= 4 is 16.6 Å². The molecule has 0 radical (unpaired) electrons. The summed E-state index contributed by atoms with van der Waals surface area (Å²) >= 11 is 0. The molecule has 1 aliphatic rings. The van der Waals surface area contributed by atoms with Crippen LogP contribution in [0.1, 0.15) is 31.4 Å². The Morgan fingerprint density at radius 1 is 1.23 bits per heavy atom. The first kappa shape index (κ1) is 14.9. The lowest BCUT2D eigenvalue weighted by Gasteiger charge is -2.30. The number of halogens is 3. The molecule has 1 aromatic heterocycles. The predicted octanol–water partition coefficient (Wildman–Crippen LogP) is 3.93. The molecule has 1 aliphatic heterocycles. The zero-order valence-corrected chi connectivity index (χ0v) is 12.3. The molecule has 0 amide bonds. The van der Waals surface area contributed by atoms with Crippen LogP contribution in [-0.4, -0.2) is 11.0 Å². The zero-order valence-electron chi connectivity index (χ0n) is 12.3. The highest BCUT2D eigenvalue weighted by Gasteiger charge is 2.34. The number of benzene rings is 1. The molecule has 2 N–H and O–H groups in total. The molecule has 118 valence electrons. The number of hydrogen-bond donors (Lipinski definition) is 2. The van der Waals surface area contributed by atoms with Crippen molar-refractivity contribution in [2.45, 2.75) is 38.9 Å². The van der Waals surface area contributed by atoms with E-state index in [2.05, 4.69) is 24.1 Å². The van der Waals surface area contributed by atoms with Crippen molar-refractivity contribution in [3.05, 3.63) is 39.7 Å². The molecule has 0 fully saturated rings. The molecule has 0 saturated carbocycles. The van der Waals surface area contributed by atoms with E-state index in [4.69, 9.17) is 0 Å². The molecule has 2 aromatic rings. The summed E-state index contributed by atoms with van der Waals surface area (Å²) in [5, 5.41) is 3.41. The smallest absolute Gasteiger partial charge is 0.382 e. The largest absolute Gasteiger partial charge is 0.417 e. The quantitative estimate of drug-likeness (QED) is 0.838. The maximum Gasteiger partial charge on any atom is 0.417 e. The van der Waals surface area contributed by atoms with Gasteiger partial charge in [-0.05, 0) is 36.5 Å². The number of pyridine rings is 1. The lowest BCUT2D eigenvalue weighted by Crippen LogP contribution is -2.30. The molecule has 3 nitrogen and oxygen atoms in total. The normalized spacial score (nSPS) is 18.4. The summed E-state index contributed by atoms with van der Waals surface area (Å²) < 4.78 is 39.4. The third-order valence-electron chi connectivity index (χ3n) is 4.24. The molecule has 3 rings (SSSR count). The fourth-order valence-corrected chi connectivity index (χ4v) is 3.01. The molecule has 0 spiro atoms. The molecule has 2 heterocycles. The molecule has 22 heavy (non-hydrogen) atoms. The standard InChI is InChI=1S/C16H17F3N2O/c1-8(2)12-4-3-9-5-10-11(16(17,18)19)6-15(22)21-14(10)7-13(9)20-12/h5-8,12,20H,3-4H2,1-2H3,(H,21,22)/t12-/m0/s1. The van der Waals surface area contributed by atoms with Crippen LogP contribution < -0.4 is 10.9 Å². The van der Waals surface area contributed by atoms with Crippen molar-refractivity contribution in [1.82, 2.24) is 4.98 Å². The van der Waals surface area contributed by atoms with Crippen molar-refractivity contribution in [3.8, 4) is 0 Å².